The molecule has 0 aliphatic carbocycles. The summed E-state index contributed by atoms with van der Waals surface area (Å²) in [6, 6.07) is 11.5. The first-order valence-corrected chi connectivity index (χ1v) is 13.4. The zero-order chi connectivity index (χ0) is 25.6. The van der Waals surface area contributed by atoms with Gasteiger partial charge in [0.15, 0.2) is 0 Å². The van der Waals surface area contributed by atoms with E-state index in [1.807, 2.05) is 51.1 Å². The van der Waals surface area contributed by atoms with Crippen molar-refractivity contribution in [3.8, 4) is 0 Å². The number of rotatable bonds is 2. The van der Waals surface area contributed by atoms with Crippen LogP contribution in [-0.2, 0) is 4.74 Å². The third kappa shape index (κ3) is 8.52. The topological polar surface area (TPSA) is 36.0 Å². The van der Waals surface area contributed by atoms with Gasteiger partial charge in [-0.3, -0.25) is 0 Å². The number of amides is 1. The van der Waals surface area contributed by atoms with E-state index < -0.39 is 5.60 Å². The number of nitrogens with zero attached hydrogens (tertiary/aromatic N) is 3. The summed E-state index contributed by atoms with van der Waals surface area (Å²) >= 11 is 23.8. The van der Waals surface area contributed by atoms with Crippen LogP contribution in [0, 0.1) is 0 Å². The van der Waals surface area contributed by atoms with Crippen molar-refractivity contribution < 1.29 is 9.53 Å². The number of hydrogen-bond donors (Lipinski definition) is 0. The Labute approximate surface area is 228 Å². The highest BCUT2D eigenvalue weighted by atomic mass is 35.5. The van der Waals surface area contributed by atoms with E-state index in [0.717, 1.165) is 31.9 Å². The molecular formula is C26H33Cl4N3O2. The molecule has 0 bridgehead atoms. The summed E-state index contributed by atoms with van der Waals surface area (Å²) in [4.78, 5) is 18.3. The first-order valence-electron chi connectivity index (χ1n) is 11.9. The van der Waals surface area contributed by atoms with E-state index in [1.165, 1.54) is 24.9 Å². The van der Waals surface area contributed by atoms with E-state index in [0.29, 0.717) is 33.2 Å². The molecule has 2 aliphatic heterocycles. The first-order chi connectivity index (χ1) is 16.5. The largest absolute Gasteiger partial charge is 0.444 e. The molecule has 5 nitrogen and oxygen atoms in total. The maximum Gasteiger partial charge on any atom is 0.410 e. The number of halogens is 4. The third-order valence-corrected chi connectivity index (χ3v) is 7.30. The average Bonchev–Trinajstić information content (AvgIpc) is 2.83. The van der Waals surface area contributed by atoms with Crippen LogP contribution in [0.4, 0.5) is 16.2 Å². The molecule has 192 valence electrons. The van der Waals surface area contributed by atoms with Gasteiger partial charge in [0, 0.05) is 50.6 Å². The molecule has 9 heteroatoms. The minimum absolute atomic E-state index is 0.253. The molecule has 2 heterocycles. The van der Waals surface area contributed by atoms with Gasteiger partial charge in [0.25, 0.3) is 0 Å². The van der Waals surface area contributed by atoms with E-state index in [9.17, 15) is 4.79 Å². The minimum Gasteiger partial charge on any atom is -0.444 e. The van der Waals surface area contributed by atoms with Crippen LogP contribution in [0.1, 0.15) is 40.0 Å². The maximum atomic E-state index is 12.0. The van der Waals surface area contributed by atoms with Gasteiger partial charge >= 0.3 is 6.09 Å². The van der Waals surface area contributed by atoms with Gasteiger partial charge in [-0.05, 0) is 76.4 Å². The van der Waals surface area contributed by atoms with Crippen LogP contribution in [-0.4, -0.2) is 55.9 Å². The number of anilines is 2. The quantitative estimate of drug-likeness (QED) is 0.372. The Kier molecular flexibility index (Phi) is 10.1. The summed E-state index contributed by atoms with van der Waals surface area (Å²) in [7, 11) is 0. The summed E-state index contributed by atoms with van der Waals surface area (Å²) in [5, 5.41) is 2.37. The molecule has 2 aromatic carbocycles. The van der Waals surface area contributed by atoms with E-state index in [-0.39, 0.29) is 6.09 Å². The number of carbonyl (C=O) groups excluding carboxylic acids is 1. The fourth-order valence-electron chi connectivity index (χ4n) is 3.99. The Morgan fingerprint density at radius 3 is 1.57 bits per heavy atom. The summed E-state index contributed by atoms with van der Waals surface area (Å²) < 4.78 is 5.38. The predicted molar refractivity (Wildman–Crippen MR) is 149 cm³/mol. The molecule has 0 unspecified atom stereocenters. The van der Waals surface area contributed by atoms with Crippen molar-refractivity contribution in [1.29, 1.82) is 0 Å². The zero-order valence-corrected chi connectivity index (χ0v) is 23.5. The summed E-state index contributed by atoms with van der Waals surface area (Å²) in [6.07, 6.45) is 3.65. The molecule has 2 saturated heterocycles. The molecule has 4 rings (SSSR count). The molecule has 0 N–H and O–H groups in total. The lowest BCUT2D eigenvalue weighted by atomic mass is 10.1. The van der Waals surface area contributed by atoms with Crippen molar-refractivity contribution in [2.24, 2.45) is 0 Å². The fourth-order valence-corrected chi connectivity index (χ4v) is 4.57. The monoisotopic (exact) mass is 559 g/mol. The molecule has 0 radical (unpaired) electrons. The van der Waals surface area contributed by atoms with Crippen LogP contribution in [0.25, 0.3) is 0 Å². The highest BCUT2D eigenvalue weighted by molar-refractivity contribution is 6.42. The van der Waals surface area contributed by atoms with Crippen molar-refractivity contribution in [1.82, 2.24) is 4.90 Å². The number of piperidine rings is 1. The smallest absolute Gasteiger partial charge is 0.410 e. The van der Waals surface area contributed by atoms with Gasteiger partial charge in [0.1, 0.15) is 5.60 Å². The second-order valence-electron chi connectivity index (χ2n) is 9.70. The minimum atomic E-state index is -0.460. The SMILES string of the molecule is CC(C)(C)OC(=O)N1CCN(c2ccc(Cl)c(Cl)c2)CC1.Clc1ccc(N2CCCCC2)cc1Cl. The van der Waals surface area contributed by atoms with Crippen molar-refractivity contribution >= 4 is 63.9 Å². The van der Waals surface area contributed by atoms with Gasteiger partial charge in [0.05, 0.1) is 20.1 Å². The van der Waals surface area contributed by atoms with Crippen LogP contribution in [0.2, 0.25) is 20.1 Å². The predicted octanol–water partition coefficient (Wildman–Crippen LogP) is 8.03. The number of ether oxygens (including phenoxy) is 1. The lowest BCUT2D eigenvalue weighted by Crippen LogP contribution is -2.50. The lowest BCUT2D eigenvalue weighted by molar-refractivity contribution is 0.0240. The summed E-state index contributed by atoms with van der Waals surface area (Å²) in [5.74, 6) is 0. The van der Waals surface area contributed by atoms with Crippen LogP contribution < -0.4 is 9.80 Å². The van der Waals surface area contributed by atoms with Crippen molar-refractivity contribution in [2.45, 2.75) is 45.6 Å². The van der Waals surface area contributed by atoms with Crippen molar-refractivity contribution in [3.05, 3.63) is 56.5 Å². The zero-order valence-electron chi connectivity index (χ0n) is 20.5. The van der Waals surface area contributed by atoms with Gasteiger partial charge in [-0.25, -0.2) is 4.79 Å². The molecule has 2 aliphatic rings. The van der Waals surface area contributed by atoms with Gasteiger partial charge in [0.2, 0.25) is 0 Å². The number of piperazine rings is 1. The molecule has 2 aromatic rings. The molecule has 1 amide bonds. The Balaban J connectivity index is 0.000000211. The van der Waals surface area contributed by atoms with Crippen LogP contribution >= 0.6 is 46.4 Å². The van der Waals surface area contributed by atoms with E-state index in [1.54, 1.807) is 11.0 Å². The van der Waals surface area contributed by atoms with Crippen LogP contribution in [0.5, 0.6) is 0 Å². The second-order valence-corrected chi connectivity index (χ2v) is 11.3. The molecule has 0 aromatic heterocycles. The van der Waals surface area contributed by atoms with Gasteiger partial charge in [-0.2, -0.15) is 0 Å². The average molecular weight is 561 g/mol. The normalized spacial score (nSPS) is 16.5. The maximum absolute atomic E-state index is 12.0. The van der Waals surface area contributed by atoms with E-state index in [4.69, 9.17) is 51.1 Å². The highest BCUT2D eigenvalue weighted by Gasteiger charge is 2.26. The Morgan fingerprint density at radius 2 is 1.14 bits per heavy atom. The molecule has 0 atom stereocenters. The molecular weight excluding hydrogens is 528 g/mol. The fraction of sp³-hybridized carbons (Fsp3) is 0.500. The van der Waals surface area contributed by atoms with Crippen LogP contribution in [0.3, 0.4) is 0 Å². The third-order valence-electron chi connectivity index (χ3n) is 5.82. The van der Waals surface area contributed by atoms with Gasteiger partial charge in [-0.15, -0.1) is 0 Å². The molecule has 35 heavy (non-hydrogen) atoms. The first kappa shape index (κ1) is 28.0. The van der Waals surface area contributed by atoms with E-state index in [2.05, 4.69) is 9.80 Å². The Hall–Kier alpha value is -1.53. The van der Waals surface area contributed by atoms with Crippen molar-refractivity contribution in [2.75, 3.05) is 49.1 Å². The van der Waals surface area contributed by atoms with E-state index >= 15 is 0 Å². The molecule has 2 fully saturated rings. The highest BCUT2D eigenvalue weighted by Crippen LogP contribution is 2.29. The molecule has 0 saturated carbocycles. The van der Waals surface area contributed by atoms with Crippen molar-refractivity contribution in [3.63, 3.8) is 0 Å². The Bertz CT molecular complexity index is 999. The molecule has 0 spiro atoms. The number of hydrogen-bond acceptors (Lipinski definition) is 4. The van der Waals surface area contributed by atoms with Gasteiger partial charge in [-0.1, -0.05) is 46.4 Å². The Morgan fingerprint density at radius 1 is 0.686 bits per heavy atom. The standard InChI is InChI=1S/C15H20Cl2N2O2.C11H13Cl2N/c1-15(2,3)21-14(20)19-8-6-18(7-9-19)11-4-5-12(16)13(17)10-11;12-10-5-4-9(8-11(10)13)14-6-2-1-3-7-14/h4-5,10H,6-9H2,1-3H3;4-5,8H,1-3,6-7H2. The second kappa shape index (κ2) is 12.6. The van der Waals surface area contributed by atoms with Gasteiger partial charge < -0.3 is 19.4 Å². The lowest BCUT2D eigenvalue weighted by Gasteiger charge is -2.36. The number of benzene rings is 2. The summed E-state index contributed by atoms with van der Waals surface area (Å²) in [5.41, 5.74) is 1.75. The van der Waals surface area contributed by atoms with Crippen LogP contribution in [0.15, 0.2) is 36.4 Å². The number of carbonyl (C=O) groups is 1. The summed E-state index contributed by atoms with van der Waals surface area (Å²) in [6.45, 7) is 10.7.